The summed E-state index contributed by atoms with van der Waals surface area (Å²) >= 11 is 0. The SMILES string of the molecule is Cc1nnc(-c2ccc(S(=O)(=O)Nc3ccc(F)cc3C)o2)o1. The molecule has 0 aliphatic rings. The lowest BCUT2D eigenvalue weighted by Crippen LogP contribution is -2.13. The lowest BCUT2D eigenvalue weighted by Gasteiger charge is -2.08. The summed E-state index contributed by atoms with van der Waals surface area (Å²) in [5.41, 5.74) is 0.714. The molecular weight excluding hydrogens is 325 g/mol. The monoisotopic (exact) mass is 337 g/mol. The average molecular weight is 337 g/mol. The molecule has 7 nitrogen and oxygen atoms in total. The number of halogens is 1. The number of hydrogen-bond donors (Lipinski definition) is 1. The fourth-order valence-electron chi connectivity index (χ4n) is 1.91. The van der Waals surface area contributed by atoms with Crippen LogP contribution in [0.5, 0.6) is 0 Å². The first kappa shape index (κ1) is 15.2. The van der Waals surface area contributed by atoms with E-state index in [1.165, 1.54) is 30.3 Å². The first-order valence-corrected chi connectivity index (χ1v) is 8.03. The number of nitrogens with zero attached hydrogens (tertiary/aromatic N) is 2. The summed E-state index contributed by atoms with van der Waals surface area (Å²) in [5, 5.41) is 7.08. The van der Waals surface area contributed by atoms with Crippen molar-refractivity contribution < 1.29 is 21.6 Å². The van der Waals surface area contributed by atoms with Gasteiger partial charge >= 0.3 is 0 Å². The van der Waals surface area contributed by atoms with Gasteiger partial charge in [-0.2, -0.15) is 8.42 Å². The van der Waals surface area contributed by atoms with Gasteiger partial charge in [0.05, 0.1) is 5.69 Å². The molecule has 0 saturated heterocycles. The predicted molar refractivity (Wildman–Crippen MR) is 78.7 cm³/mol. The van der Waals surface area contributed by atoms with Gasteiger partial charge in [0.15, 0.2) is 5.76 Å². The van der Waals surface area contributed by atoms with E-state index in [0.29, 0.717) is 11.5 Å². The minimum atomic E-state index is -3.96. The van der Waals surface area contributed by atoms with Crippen molar-refractivity contribution in [2.24, 2.45) is 0 Å². The number of sulfonamides is 1. The molecule has 0 aliphatic carbocycles. The number of aryl methyl sites for hydroxylation is 2. The summed E-state index contributed by atoms with van der Waals surface area (Å²) in [4.78, 5) is 0. The van der Waals surface area contributed by atoms with Gasteiger partial charge in [0.2, 0.25) is 11.0 Å². The second-order valence-electron chi connectivity index (χ2n) is 4.81. The largest absolute Gasteiger partial charge is 0.438 e. The number of benzene rings is 1. The van der Waals surface area contributed by atoms with Gasteiger partial charge in [0, 0.05) is 6.92 Å². The van der Waals surface area contributed by atoms with Crippen molar-refractivity contribution in [1.82, 2.24) is 10.2 Å². The van der Waals surface area contributed by atoms with Crippen LogP contribution in [0.1, 0.15) is 11.5 Å². The van der Waals surface area contributed by atoms with Crippen molar-refractivity contribution in [3.8, 4) is 11.7 Å². The van der Waals surface area contributed by atoms with Crippen LogP contribution in [0.3, 0.4) is 0 Å². The summed E-state index contributed by atoms with van der Waals surface area (Å²) in [6.45, 7) is 3.20. The molecular formula is C14H12FN3O4S. The second-order valence-corrected chi connectivity index (χ2v) is 6.42. The van der Waals surface area contributed by atoms with Crippen molar-refractivity contribution in [1.29, 1.82) is 0 Å². The van der Waals surface area contributed by atoms with Crippen LogP contribution in [0, 0.1) is 19.7 Å². The van der Waals surface area contributed by atoms with Crippen LogP contribution < -0.4 is 4.72 Å². The van der Waals surface area contributed by atoms with Crippen LogP contribution in [0.2, 0.25) is 0 Å². The lowest BCUT2D eigenvalue weighted by atomic mass is 10.2. The Hall–Kier alpha value is -2.68. The number of rotatable bonds is 4. The van der Waals surface area contributed by atoms with Crippen molar-refractivity contribution in [3.63, 3.8) is 0 Å². The molecule has 2 heterocycles. The maximum absolute atomic E-state index is 13.1. The number of nitrogens with one attached hydrogen (secondary N) is 1. The van der Waals surface area contributed by atoms with Gasteiger partial charge in [-0.15, -0.1) is 10.2 Å². The normalized spacial score (nSPS) is 11.6. The molecule has 0 atom stereocenters. The van der Waals surface area contributed by atoms with E-state index in [0.717, 1.165) is 0 Å². The molecule has 23 heavy (non-hydrogen) atoms. The molecule has 120 valence electrons. The molecule has 3 aromatic rings. The summed E-state index contributed by atoms with van der Waals surface area (Å²) < 4.78 is 50.5. The van der Waals surface area contributed by atoms with Gasteiger partial charge in [0.25, 0.3) is 15.9 Å². The van der Waals surface area contributed by atoms with E-state index in [4.69, 9.17) is 8.83 Å². The third kappa shape index (κ3) is 3.09. The van der Waals surface area contributed by atoms with Crippen LogP contribution >= 0.6 is 0 Å². The molecule has 0 spiro atoms. The highest BCUT2D eigenvalue weighted by molar-refractivity contribution is 7.92. The predicted octanol–water partition coefficient (Wildman–Crippen LogP) is 2.89. The number of furan rings is 1. The molecule has 3 rings (SSSR count). The third-order valence-electron chi connectivity index (χ3n) is 3.02. The summed E-state index contributed by atoms with van der Waals surface area (Å²) in [6.07, 6.45) is 0. The Morgan fingerprint density at radius 3 is 2.52 bits per heavy atom. The van der Waals surface area contributed by atoms with Crippen molar-refractivity contribution >= 4 is 15.7 Å². The molecule has 2 aromatic heterocycles. The van der Waals surface area contributed by atoms with E-state index >= 15 is 0 Å². The highest BCUT2D eigenvalue weighted by Gasteiger charge is 2.22. The van der Waals surface area contributed by atoms with Gasteiger partial charge in [-0.05, 0) is 42.8 Å². The Bertz CT molecular complexity index is 962. The number of aromatic nitrogens is 2. The Morgan fingerprint density at radius 2 is 1.87 bits per heavy atom. The third-order valence-corrected chi connectivity index (χ3v) is 4.25. The van der Waals surface area contributed by atoms with Crippen LogP contribution in [0.4, 0.5) is 10.1 Å². The number of anilines is 1. The lowest BCUT2D eigenvalue weighted by molar-refractivity contribution is 0.439. The van der Waals surface area contributed by atoms with Gasteiger partial charge in [-0.3, -0.25) is 4.72 Å². The topological polar surface area (TPSA) is 98.2 Å². The number of hydrogen-bond acceptors (Lipinski definition) is 6. The standard InChI is InChI=1S/C14H12FN3O4S/c1-8-7-10(15)3-4-11(8)18-23(19,20)13-6-5-12(22-13)14-17-16-9(2)21-14/h3-7,18H,1-2H3. The van der Waals surface area contributed by atoms with Crippen molar-refractivity contribution in [2.45, 2.75) is 18.9 Å². The van der Waals surface area contributed by atoms with Gasteiger partial charge < -0.3 is 8.83 Å². The minimum absolute atomic E-state index is 0.0851. The van der Waals surface area contributed by atoms with E-state index in [1.54, 1.807) is 13.8 Å². The maximum Gasteiger partial charge on any atom is 0.295 e. The molecule has 0 amide bonds. The fraction of sp³-hybridized carbons (Fsp3) is 0.143. The molecule has 0 fully saturated rings. The summed E-state index contributed by atoms with van der Waals surface area (Å²) in [7, 11) is -3.96. The van der Waals surface area contributed by atoms with Crippen LogP contribution in [-0.2, 0) is 10.0 Å². The van der Waals surface area contributed by atoms with Crippen LogP contribution in [0.25, 0.3) is 11.7 Å². The Balaban J connectivity index is 1.89. The zero-order chi connectivity index (χ0) is 16.6. The van der Waals surface area contributed by atoms with Crippen molar-refractivity contribution in [2.75, 3.05) is 4.72 Å². The quantitative estimate of drug-likeness (QED) is 0.786. The molecule has 0 aliphatic heterocycles. The van der Waals surface area contributed by atoms with E-state index in [2.05, 4.69) is 14.9 Å². The van der Waals surface area contributed by atoms with Gasteiger partial charge in [0.1, 0.15) is 5.82 Å². The zero-order valence-electron chi connectivity index (χ0n) is 12.2. The Labute approximate surface area is 131 Å². The first-order chi connectivity index (χ1) is 10.8. The molecule has 0 saturated carbocycles. The molecule has 0 unspecified atom stereocenters. The van der Waals surface area contributed by atoms with Crippen LogP contribution in [-0.4, -0.2) is 18.6 Å². The van der Waals surface area contributed by atoms with E-state index in [-0.39, 0.29) is 22.4 Å². The first-order valence-electron chi connectivity index (χ1n) is 6.54. The molecule has 1 N–H and O–H groups in total. The Morgan fingerprint density at radius 1 is 1.09 bits per heavy atom. The molecule has 1 aromatic carbocycles. The molecule has 0 bridgehead atoms. The van der Waals surface area contributed by atoms with E-state index < -0.39 is 15.8 Å². The van der Waals surface area contributed by atoms with Gasteiger partial charge in [-0.1, -0.05) is 0 Å². The van der Waals surface area contributed by atoms with Gasteiger partial charge in [-0.25, -0.2) is 4.39 Å². The second kappa shape index (κ2) is 5.51. The summed E-state index contributed by atoms with van der Waals surface area (Å²) in [6, 6.07) is 6.43. The molecule has 9 heteroatoms. The highest BCUT2D eigenvalue weighted by Crippen LogP contribution is 2.26. The fourth-order valence-corrected chi connectivity index (χ4v) is 2.98. The average Bonchev–Trinajstić information content (AvgIpc) is 3.10. The maximum atomic E-state index is 13.1. The van der Waals surface area contributed by atoms with Crippen molar-refractivity contribution in [3.05, 3.63) is 47.6 Å². The van der Waals surface area contributed by atoms with E-state index in [1.807, 2.05) is 0 Å². The highest BCUT2D eigenvalue weighted by atomic mass is 32.2. The van der Waals surface area contributed by atoms with Crippen LogP contribution in [0.15, 0.2) is 44.3 Å². The molecule has 0 radical (unpaired) electrons. The van der Waals surface area contributed by atoms with E-state index in [9.17, 15) is 12.8 Å². The smallest absolute Gasteiger partial charge is 0.295 e. The zero-order valence-corrected chi connectivity index (χ0v) is 13.0. The minimum Gasteiger partial charge on any atom is -0.438 e. The summed E-state index contributed by atoms with van der Waals surface area (Å²) in [5.74, 6) is 0.113. The Kier molecular flexibility index (Phi) is 3.64.